The van der Waals surface area contributed by atoms with Gasteiger partial charge in [-0.3, -0.25) is 4.79 Å². The summed E-state index contributed by atoms with van der Waals surface area (Å²) >= 11 is 1.65. The van der Waals surface area contributed by atoms with E-state index in [9.17, 15) is 9.18 Å². The highest BCUT2D eigenvalue weighted by Gasteiger charge is 2.07. The zero-order valence-electron chi connectivity index (χ0n) is 12.5. The van der Waals surface area contributed by atoms with Gasteiger partial charge in [0.25, 0.3) is 0 Å². The minimum absolute atomic E-state index is 0.0725. The molecular formula is C19H16FNOS. The molecule has 0 saturated heterocycles. The zero-order valence-corrected chi connectivity index (χ0v) is 13.3. The van der Waals surface area contributed by atoms with Crippen LogP contribution in [-0.2, 0) is 17.8 Å². The molecule has 1 N–H and O–H groups in total. The molecule has 0 aliphatic heterocycles. The van der Waals surface area contributed by atoms with Gasteiger partial charge in [-0.25, -0.2) is 4.39 Å². The third-order valence-electron chi connectivity index (χ3n) is 3.60. The van der Waals surface area contributed by atoms with Crippen LogP contribution in [0.2, 0.25) is 0 Å². The average molecular weight is 325 g/mol. The standard InChI is InChI=1S/C19H16FNOS/c20-17-7-5-14(6-8-17)11-19(22)21-12-15-3-1-2-4-18(15)16-9-10-23-13-16/h1-10,13H,11-12H2,(H,21,22). The summed E-state index contributed by atoms with van der Waals surface area (Å²) in [7, 11) is 0. The predicted molar refractivity (Wildman–Crippen MR) is 91.7 cm³/mol. The lowest BCUT2D eigenvalue weighted by atomic mass is 10.0. The quantitative estimate of drug-likeness (QED) is 0.739. The Bertz CT molecular complexity index is 781. The van der Waals surface area contributed by atoms with Gasteiger partial charge in [0.1, 0.15) is 5.82 Å². The number of carbonyl (C=O) groups excluding carboxylic acids is 1. The SMILES string of the molecule is O=C(Cc1ccc(F)cc1)NCc1ccccc1-c1ccsc1. The van der Waals surface area contributed by atoms with Crippen LogP contribution in [0.25, 0.3) is 11.1 Å². The van der Waals surface area contributed by atoms with Gasteiger partial charge in [0.05, 0.1) is 6.42 Å². The molecule has 23 heavy (non-hydrogen) atoms. The molecule has 2 aromatic carbocycles. The second-order valence-corrected chi connectivity index (χ2v) is 6.03. The summed E-state index contributed by atoms with van der Waals surface area (Å²) in [6.07, 6.45) is 0.251. The largest absolute Gasteiger partial charge is 0.352 e. The van der Waals surface area contributed by atoms with Crippen molar-refractivity contribution in [2.75, 3.05) is 0 Å². The number of amides is 1. The number of hydrogen-bond donors (Lipinski definition) is 1. The molecule has 1 heterocycles. The van der Waals surface area contributed by atoms with Crippen LogP contribution in [0, 0.1) is 5.82 Å². The van der Waals surface area contributed by atoms with E-state index in [2.05, 4.69) is 22.8 Å². The van der Waals surface area contributed by atoms with Crippen LogP contribution in [0.1, 0.15) is 11.1 Å². The Morgan fingerprint density at radius 3 is 2.57 bits per heavy atom. The molecule has 3 rings (SSSR count). The summed E-state index contributed by atoms with van der Waals surface area (Å²) in [6, 6.07) is 16.1. The van der Waals surface area contributed by atoms with Gasteiger partial charge in [-0.1, -0.05) is 36.4 Å². The summed E-state index contributed by atoms with van der Waals surface area (Å²) in [5.74, 6) is -0.365. The molecule has 1 amide bonds. The van der Waals surface area contributed by atoms with E-state index >= 15 is 0 Å². The van der Waals surface area contributed by atoms with Crippen LogP contribution in [-0.4, -0.2) is 5.91 Å². The van der Waals surface area contributed by atoms with Crippen molar-refractivity contribution in [2.45, 2.75) is 13.0 Å². The predicted octanol–water partition coefficient (Wildman–Crippen LogP) is 4.41. The number of rotatable bonds is 5. The number of carbonyl (C=O) groups is 1. The molecule has 0 bridgehead atoms. The number of thiophene rings is 1. The first-order valence-corrected chi connectivity index (χ1v) is 8.28. The van der Waals surface area contributed by atoms with Crippen LogP contribution in [0.3, 0.4) is 0 Å². The lowest BCUT2D eigenvalue weighted by molar-refractivity contribution is -0.120. The van der Waals surface area contributed by atoms with E-state index in [1.165, 1.54) is 17.7 Å². The molecule has 4 heteroatoms. The maximum absolute atomic E-state index is 12.9. The first kappa shape index (κ1) is 15.4. The summed E-state index contributed by atoms with van der Waals surface area (Å²) in [5.41, 5.74) is 4.18. The normalized spacial score (nSPS) is 10.5. The molecule has 1 aromatic heterocycles. The molecule has 0 radical (unpaired) electrons. The van der Waals surface area contributed by atoms with Gasteiger partial charge in [-0.15, -0.1) is 0 Å². The summed E-state index contributed by atoms with van der Waals surface area (Å²) in [6.45, 7) is 0.478. The number of halogens is 1. The average Bonchev–Trinajstić information content (AvgIpc) is 3.10. The van der Waals surface area contributed by atoms with Crippen molar-refractivity contribution < 1.29 is 9.18 Å². The molecule has 116 valence electrons. The first-order chi connectivity index (χ1) is 11.2. The molecule has 0 aliphatic rings. The van der Waals surface area contributed by atoms with Crippen LogP contribution in [0.15, 0.2) is 65.4 Å². The van der Waals surface area contributed by atoms with Crippen molar-refractivity contribution >= 4 is 17.2 Å². The van der Waals surface area contributed by atoms with Crippen molar-refractivity contribution in [3.8, 4) is 11.1 Å². The maximum atomic E-state index is 12.9. The van der Waals surface area contributed by atoms with E-state index in [0.29, 0.717) is 6.54 Å². The van der Waals surface area contributed by atoms with Crippen LogP contribution < -0.4 is 5.32 Å². The third kappa shape index (κ3) is 4.05. The Morgan fingerprint density at radius 1 is 1.04 bits per heavy atom. The second kappa shape index (κ2) is 7.20. The van der Waals surface area contributed by atoms with E-state index in [4.69, 9.17) is 0 Å². The fraction of sp³-hybridized carbons (Fsp3) is 0.105. The Hall–Kier alpha value is -2.46. The first-order valence-electron chi connectivity index (χ1n) is 7.34. The van der Waals surface area contributed by atoms with Crippen molar-refractivity contribution in [1.29, 1.82) is 0 Å². The molecule has 0 spiro atoms. The molecule has 0 unspecified atom stereocenters. The fourth-order valence-electron chi connectivity index (χ4n) is 2.42. The number of nitrogens with one attached hydrogen (secondary N) is 1. The van der Waals surface area contributed by atoms with Gasteiger partial charge in [0.15, 0.2) is 0 Å². The Kier molecular flexibility index (Phi) is 4.83. The van der Waals surface area contributed by atoms with Gasteiger partial charge in [0.2, 0.25) is 5.91 Å². The monoisotopic (exact) mass is 325 g/mol. The molecule has 0 saturated carbocycles. The van der Waals surface area contributed by atoms with Crippen LogP contribution in [0.4, 0.5) is 4.39 Å². The van der Waals surface area contributed by atoms with Crippen molar-refractivity contribution in [2.24, 2.45) is 0 Å². The van der Waals surface area contributed by atoms with Crippen LogP contribution >= 0.6 is 11.3 Å². The van der Waals surface area contributed by atoms with E-state index in [1.807, 2.05) is 23.6 Å². The molecule has 2 nitrogen and oxygen atoms in total. The van der Waals surface area contributed by atoms with Crippen molar-refractivity contribution in [3.63, 3.8) is 0 Å². The van der Waals surface area contributed by atoms with Crippen molar-refractivity contribution in [3.05, 3.63) is 82.3 Å². The van der Waals surface area contributed by atoms with Gasteiger partial charge in [-0.2, -0.15) is 11.3 Å². The van der Waals surface area contributed by atoms with Crippen molar-refractivity contribution in [1.82, 2.24) is 5.32 Å². The minimum atomic E-state index is -0.293. The highest BCUT2D eigenvalue weighted by Crippen LogP contribution is 2.25. The Labute approximate surface area is 138 Å². The van der Waals surface area contributed by atoms with E-state index in [-0.39, 0.29) is 18.1 Å². The summed E-state index contributed by atoms with van der Waals surface area (Å²) < 4.78 is 12.9. The lowest BCUT2D eigenvalue weighted by Gasteiger charge is -2.10. The van der Waals surface area contributed by atoms with Gasteiger partial charge in [-0.05, 0) is 51.2 Å². The number of benzene rings is 2. The van der Waals surface area contributed by atoms with E-state index in [1.54, 1.807) is 23.5 Å². The number of hydrogen-bond acceptors (Lipinski definition) is 2. The zero-order chi connectivity index (χ0) is 16.1. The molecule has 0 aliphatic carbocycles. The molecule has 3 aromatic rings. The minimum Gasteiger partial charge on any atom is -0.352 e. The van der Waals surface area contributed by atoms with Gasteiger partial charge in [0, 0.05) is 6.54 Å². The summed E-state index contributed by atoms with van der Waals surface area (Å²) in [4.78, 5) is 12.1. The highest BCUT2D eigenvalue weighted by molar-refractivity contribution is 7.08. The lowest BCUT2D eigenvalue weighted by Crippen LogP contribution is -2.24. The molecule has 0 fully saturated rings. The van der Waals surface area contributed by atoms with E-state index < -0.39 is 0 Å². The smallest absolute Gasteiger partial charge is 0.224 e. The van der Waals surface area contributed by atoms with Crippen LogP contribution in [0.5, 0.6) is 0 Å². The van der Waals surface area contributed by atoms with Gasteiger partial charge < -0.3 is 5.32 Å². The van der Waals surface area contributed by atoms with E-state index in [0.717, 1.165) is 16.7 Å². The molecular weight excluding hydrogens is 309 g/mol. The highest BCUT2D eigenvalue weighted by atomic mass is 32.1. The van der Waals surface area contributed by atoms with Gasteiger partial charge >= 0.3 is 0 Å². The fourth-order valence-corrected chi connectivity index (χ4v) is 3.07. The topological polar surface area (TPSA) is 29.1 Å². The Morgan fingerprint density at radius 2 is 1.83 bits per heavy atom. The summed E-state index contributed by atoms with van der Waals surface area (Å²) in [5, 5.41) is 7.07. The third-order valence-corrected chi connectivity index (χ3v) is 4.29. The Balaban J connectivity index is 1.64. The maximum Gasteiger partial charge on any atom is 0.224 e. The molecule has 0 atom stereocenters. The second-order valence-electron chi connectivity index (χ2n) is 5.25.